The van der Waals surface area contributed by atoms with Crippen molar-refractivity contribution in [2.24, 2.45) is 0 Å². The number of amides is 1. The predicted molar refractivity (Wildman–Crippen MR) is 99.7 cm³/mol. The maximum absolute atomic E-state index is 12.5. The van der Waals surface area contributed by atoms with Crippen LogP contribution in [0.25, 0.3) is 0 Å². The van der Waals surface area contributed by atoms with E-state index in [1.54, 1.807) is 0 Å². The molecular formula is C20H26N4O. The first kappa shape index (κ1) is 17.4. The molecule has 1 aromatic carbocycles. The summed E-state index contributed by atoms with van der Waals surface area (Å²) in [6, 6.07) is 12.2. The molecule has 1 N–H and O–H groups in total. The fraction of sp³-hybridized carbons (Fsp3) is 0.450. The van der Waals surface area contributed by atoms with E-state index in [1.807, 2.05) is 43.3 Å². The normalized spacial score (nSPS) is 17.4. The fourth-order valence-electron chi connectivity index (χ4n) is 3.41. The van der Waals surface area contributed by atoms with Gasteiger partial charge in [0.2, 0.25) is 0 Å². The van der Waals surface area contributed by atoms with E-state index in [2.05, 4.69) is 27.1 Å². The Morgan fingerprint density at radius 2 is 2.04 bits per heavy atom. The Labute approximate surface area is 149 Å². The first-order valence-electron chi connectivity index (χ1n) is 9.12. The van der Waals surface area contributed by atoms with E-state index in [9.17, 15) is 4.79 Å². The number of aryl methyl sites for hydroxylation is 1. The summed E-state index contributed by atoms with van der Waals surface area (Å²) in [6.07, 6.45) is 4.73. The van der Waals surface area contributed by atoms with Crippen molar-refractivity contribution < 1.29 is 4.79 Å². The number of benzene rings is 1. The third-order valence-electron chi connectivity index (χ3n) is 4.75. The van der Waals surface area contributed by atoms with Crippen LogP contribution in [-0.4, -0.2) is 28.5 Å². The Morgan fingerprint density at radius 1 is 1.24 bits per heavy atom. The molecule has 1 aliphatic rings. The molecular weight excluding hydrogens is 312 g/mol. The first-order valence-corrected chi connectivity index (χ1v) is 9.12. The molecule has 1 saturated heterocycles. The van der Waals surface area contributed by atoms with Crippen LogP contribution in [0.3, 0.4) is 0 Å². The summed E-state index contributed by atoms with van der Waals surface area (Å²) in [6.45, 7) is 5.56. The van der Waals surface area contributed by atoms with Crippen molar-refractivity contribution in [3.8, 4) is 0 Å². The zero-order valence-electron chi connectivity index (χ0n) is 15.0. The summed E-state index contributed by atoms with van der Waals surface area (Å²) in [5.74, 6) is 1.37. The molecule has 2 aromatic rings. The van der Waals surface area contributed by atoms with Crippen LogP contribution in [0.4, 0.5) is 5.82 Å². The van der Waals surface area contributed by atoms with E-state index in [-0.39, 0.29) is 5.91 Å². The van der Waals surface area contributed by atoms with Crippen molar-refractivity contribution >= 4 is 11.7 Å². The molecule has 3 rings (SSSR count). The van der Waals surface area contributed by atoms with Crippen LogP contribution in [0.15, 0.2) is 36.4 Å². The van der Waals surface area contributed by atoms with Crippen molar-refractivity contribution in [3.63, 3.8) is 0 Å². The zero-order valence-corrected chi connectivity index (χ0v) is 15.0. The summed E-state index contributed by atoms with van der Waals surface area (Å²) in [7, 11) is 0. The van der Waals surface area contributed by atoms with Gasteiger partial charge in [0.15, 0.2) is 0 Å². The minimum Gasteiger partial charge on any atom is -0.354 e. The first-order chi connectivity index (χ1) is 12.2. The highest BCUT2D eigenvalue weighted by molar-refractivity contribution is 5.92. The zero-order chi connectivity index (χ0) is 17.6. The van der Waals surface area contributed by atoms with Gasteiger partial charge in [-0.3, -0.25) is 4.79 Å². The van der Waals surface area contributed by atoms with Crippen LogP contribution in [0.2, 0.25) is 0 Å². The van der Waals surface area contributed by atoms with E-state index in [0.717, 1.165) is 24.3 Å². The number of hydrogen-bond acceptors (Lipinski definition) is 4. The minimum absolute atomic E-state index is 0.152. The standard InChI is InChI=1S/C20H26N4O/c1-3-17-11-7-8-12-24(17)19-13-18(22-15(2)23-19)20(25)21-14-16-9-5-4-6-10-16/h4-6,9-10,13,17H,3,7-8,11-12,14H2,1-2H3,(H,21,25). The highest BCUT2D eigenvalue weighted by Gasteiger charge is 2.23. The van der Waals surface area contributed by atoms with Crippen molar-refractivity contribution in [2.75, 3.05) is 11.4 Å². The van der Waals surface area contributed by atoms with Gasteiger partial charge in [0.25, 0.3) is 5.91 Å². The van der Waals surface area contributed by atoms with E-state index in [1.165, 1.54) is 19.3 Å². The molecule has 1 unspecified atom stereocenters. The third-order valence-corrected chi connectivity index (χ3v) is 4.75. The van der Waals surface area contributed by atoms with Gasteiger partial charge in [0, 0.05) is 25.2 Å². The molecule has 5 heteroatoms. The summed E-state index contributed by atoms with van der Waals surface area (Å²) in [4.78, 5) is 23.8. The van der Waals surface area contributed by atoms with Gasteiger partial charge < -0.3 is 10.2 Å². The predicted octanol–water partition coefficient (Wildman–Crippen LogP) is 3.48. The second-order valence-corrected chi connectivity index (χ2v) is 6.58. The Bertz CT molecular complexity index is 717. The highest BCUT2D eigenvalue weighted by atomic mass is 16.1. The minimum atomic E-state index is -0.152. The SMILES string of the molecule is CCC1CCCCN1c1cc(C(=O)NCc2ccccc2)nc(C)n1. The quantitative estimate of drug-likeness (QED) is 0.907. The van der Waals surface area contributed by atoms with Crippen LogP contribution in [0, 0.1) is 6.92 Å². The summed E-state index contributed by atoms with van der Waals surface area (Å²) >= 11 is 0. The molecule has 0 spiro atoms. The number of rotatable bonds is 5. The maximum Gasteiger partial charge on any atom is 0.270 e. The summed E-state index contributed by atoms with van der Waals surface area (Å²) < 4.78 is 0. The molecule has 25 heavy (non-hydrogen) atoms. The molecule has 1 aromatic heterocycles. The molecule has 0 saturated carbocycles. The van der Waals surface area contributed by atoms with Crippen LogP contribution in [0.5, 0.6) is 0 Å². The lowest BCUT2D eigenvalue weighted by molar-refractivity contribution is 0.0945. The monoisotopic (exact) mass is 338 g/mol. The van der Waals surface area contributed by atoms with Crippen molar-refractivity contribution in [1.82, 2.24) is 15.3 Å². The maximum atomic E-state index is 12.5. The van der Waals surface area contributed by atoms with Crippen LogP contribution in [-0.2, 0) is 6.54 Å². The fourth-order valence-corrected chi connectivity index (χ4v) is 3.41. The van der Waals surface area contributed by atoms with E-state index < -0.39 is 0 Å². The Morgan fingerprint density at radius 3 is 2.80 bits per heavy atom. The molecule has 0 radical (unpaired) electrons. The lowest BCUT2D eigenvalue weighted by Crippen LogP contribution is -2.40. The van der Waals surface area contributed by atoms with Crippen molar-refractivity contribution in [1.29, 1.82) is 0 Å². The number of aromatic nitrogens is 2. The number of carbonyl (C=O) groups excluding carboxylic acids is 1. The summed E-state index contributed by atoms with van der Waals surface area (Å²) in [5.41, 5.74) is 1.52. The Balaban J connectivity index is 1.75. The molecule has 1 amide bonds. The molecule has 0 aliphatic carbocycles. The van der Waals surface area contributed by atoms with Gasteiger partial charge in [-0.25, -0.2) is 9.97 Å². The lowest BCUT2D eigenvalue weighted by atomic mass is 10.00. The van der Waals surface area contributed by atoms with Crippen LogP contribution >= 0.6 is 0 Å². The average molecular weight is 338 g/mol. The smallest absolute Gasteiger partial charge is 0.270 e. The van der Waals surface area contributed by atoms with Gasteiger partial charge in [-0.1, -0.05) is 37.3 Å². The van der Waals surface area contributed by atoms with E-state index in [0.29, 0.717) is 24.1 Å². The number of piperidine rings is 1. The molecule has 1 fully saturated rings. The van der Waals surface area contributed by atoms with Crippen LogP contribution < -0.4 is 10.2 Å². The van der Waals surface area contributed by atoms with Gasteiger partial charge in [-0.15, -0.1) is 0 Å². The second kappa shape index (κ2) is 8.10. The number of carbonyl (C=O) groups is 1. The largest absolute Gasteiger partial charge is 0.354 e. The Kier molecular flexibility index (Phi) is 5.64. The second-order valence-electron chi connectivity index (χ2n) is 6.58. The third kappa shape index (κ3) is 4.35. The van der Waals surface area contributed by atoms with Gasteiger partial charge in [0.1, 0.15) is 17.3 Å². The van der Waals surface area contributed by atoms with Gasteiger partial charge in [0.05, 0.1) is 0 Å². The lowest BCUT2D eigenvalue weighted by Gasteiger charge is -2.36. The molecule has 1 aliphatic heterocycles. The van der Waals surface area contributed by atoms with Gasteiger partial charge >= 0.3 is 0 Å². The average Bonchev–Trinajstić information content (AvgIpc) is 2.66. The molecule has 0 bridgehead atoms. The number of hydrogen-bond donors (Lipinski definition) is 1. The van der Waals surface area contributed by atoms with Crippen LogP contribution in [0.1, 0.15) is 54.5 Å². The van der Waals surface area contributed by atoms with E-state index in [4.69, 9.17) is 0 Å². The van der Waals surface area contributed by atoms with Gasteiger partial charge in [-0.2, -0.15) is 0 Å². The molecule has 2 heterocycles. The van der Waals surface area contributed by atoms with Crippen molar-refractivity contribution in [2.45, 2.75) is 52.1 Å². The highest BCUT2D eigenvalue weighted by Crippen LogP contribution is 2.25. The van der Waals surface area contributed by atoms with E-state index >= 15 is 0 Å². The number of nitrogens with one attached hydrogen (secondary N) is 1. The topological polar surface area (TPSA) is 58.1 Å². The number of nitrogens with zero attached hydrogens (tertiary/aromatic N) is 3. The summed E-state index contributed by atoms with van der Waals surface area (Å²) in [5, 5.41) is 2.95. The molecule has 132 valence electrons. The van der Waals surface area contributed by atoms with Gasteiger partial charge in [-0.05, 0) is 38.2 Å². The number of anilines is 1. The molecule has 5 nitrogen and oxygen atoms in total. The molecule has 1 atom stereocenters. The Hall–Kier alpha value is -2.43. The van der Waals surface area contributed by atoms with Crippen molar-refractivity contribution in [3.05, 3.63) is 53.5 Å².